The SMILES string of the molecule is Cc1nc(N2CCCC2)sc1C(=O)NC[C@@H](c1cccc(Cl)c1)N(C)C. The maximum absolute atomic E-state index is 12.7. The van der Waals surface area contributed by atoms with Crippen LogP contribution in [0.3, 0.4) is 0 Å². The van der Waals surface area contributed by atoms with Crippen molar-refractivity contribution in [1.29, 1.82) is 0 Å². The van der Waals surface area contributed by atoms with Crippen LogP contribution < -0.4 is 10.2 Å². The van der Waals surface area contributed by atoms with Gasteiger partial charge in [-0.15, -0.1) is 0 Å². The lowest BCUT2D eigenvalue weighted by Gasteiger charge is -2.25. The van der Waals surface area contributed by atoms with E-state index < -0.39 is 0 Å². The van der Waals surface area contributed by atoms with Gasteiger partial charge in [0.1, 0.15) is 4.88 Å². The molecule has 2 heterocycles. The van der Waals surface area contributed by atoms with E-state index in [9.17, 15) is 4.79 Å². The second-order valence-corrected chi connectivity index (χ2v) is 8.26. The van der Waals surface area contributed by atoms with E-state index in [0.717, 1.165) is 29.5 Å². The second-order valence-electron chi connectivity index (χ2n) is 6.85. The zero-order chi connectivity index (χ0) is 18.7. The summed E-state index contributed by atoms with van der Waals surface area (Å²) >= 11 is 7.61. The molecule has 1 aliphatic heterocycles. The summed E-state index contributed by atoms with van der Waals surface area (Å²) in [5, 5.41) is 4.74. The number of halogens is 1. The van der Waals surface area contributed by atoms with E-state index in [1.165, 1.54) is 24.2 Å². The number of aryl methyl sites for hydroxylation is 1. The number of nitrogens with one attached hydrogen (secondary N) is 1. The third-order valence-electron chi connectivity index (χ3n) is 4.68. The molecule has 0 aliphatic carbocycles. The average molecular weight is 393 g/mol. The molecular weight excluding hydrogens is 368 g/mol. The first kappa shape index (κ1) is 19.1. The number of rotatable bonds is 6. The van der Waals surface area contributed by atoms with E-state index >= 15 is 0 Å². The number of carbonyl (C=O) groups is 1. The number of likely N-dealkylation sites (N-methyl/N-ethyl adjacent to an activating group) is 1. The molecule has 1 amide bonds. The molecule has 26 heavy (non-hydrogen) atoms. The number of carbonyl (C=O) groups excluding carboxylic acids is 1. The van der Waals surface area contributed by atoms with Crippen LogP contribution in [0, 0.1) is 6.92 Å². The van der Waals surface area contributed by atoms with Crippen molar-refractivity contribution in [3.63, 3.8) is 0 Å². The number of hydrogen-bond donors (Lipinski definition) is 1. The summed E-state index contributed by atoms with van der Waals surface area (Å²) in [6.07, 6.45) is 2.40. The lowest BCUT2D eigenvalue weighted by molar-refractivity contribution is 0.0945. The van der Waals surface area contributed by atoms with E-state index in [2.05, 4.69) is 20.1 Å². The van der Waals surface area contributed by atoms with E-state index in [1.54, 1.807) is 0 Å². The minimum Gasteiger partial charge on any atom is -0.349 e. The number of thiazole rings is 1. The Kier molecular flexibility index (Phi) is 6.16. The third-order valence-corrected chi connectivity index (χ3v) is 6.13. The first-order valence-electron chi connectivity index (χ1n) is 8.88. The van der Waals surface area contributed by atoms with Crippen LogP contribution in [0.1, 0.15) is 39.8 Å². The van der Waals surface area contributed by atoms with Gasteiger partial charge in [0.15, 0.2) is 5.13 Å². The number of benzene rings is 1. The average Bonchev–Trinajstić information content (AvgIpc) is 3.24. The first-order chi connectivity index (χ1) is 12.5. The predicted molar refractivity (Wildman–Crippen MR) is 109 cm³/mol. The van der Waals surface area contributed by atoms with E-state index in [-0.39, 0.29) is 11.9 Å². The molecule has 1 N–H and O–H groups in total. The maximum atomic E-state index is 12.7. The highest BCUT2D eigenvalue weighted by Crippen LogP contribution is 2.29. The summed E-state index contributed by atoms with van der Waals surface area (Å²) in [6.45, 7) is 4.49. The predicted octanol–water partition coefficient (Wildman–Crippen LogP) is 3.74. The van der Waals surface area contributed by atoms with Crippen LogP contribution in [-0.4, -0.2) is 49.5 Å². The molecule has 1 atom stereocenters. The second kappa shape index (κ2) is 8.37. The lowest BCUT2D eigenvalue weighted by Crippen LogP contribution is -2.34. The summed E-state index contributed by atoms with van der Waals surface area (Å²) in [6, 6.07) is 7.83. The molecule has 1 saturated heterocycles. The molecule has 1 aliphatic rings. The van der Waals surface area contributed by atoms with Crippen LogP contribution in [0.4, 0.5) is 5.13 Å². The minimum atomic E-state index is -0.0562. The van der Waals surface area contributed by atoms with Gasteiger partial charge in [-0.1, -0.05) is 35.1 Å². The molecule has 3 rings (SSSR count). The van der Waals surface area contributed by atoms with E-state index in [1.807, 2.05) is 45.3 Å². The highest BCUT2D eigenvalue weighted by Gasteiger charge is 2.22. The molecule has 0 unspecified atom stereocenters. The van der Waals surface area contributed by atoms with Crippen molar-refractivity contribution in [2.45, 2.75) is 25.8 Å². The van der Waals surface area contributed by atoms with Crippen LogP contribution >= 0.6 is 22.9 Å². The zero-order valence-electron chi connectivity index (χ0n) is 15.5. The van der Waals surface area contributed by atoms with Crippen molar-refractivity contribution in [2.75, 3.05) is 38.6 Å². The molecule has 1 aromatic heterocycles. The van der Waals surface area contributed by atoms with Crippen molar-refractivity contribution in [3.05, 3.63) is 45.4 Å². The van der Waals surface area contributed by atoms with E-state index in [4.69, 9.17) is 11.6 Å². The molecule has 2 aromatic rings. The minimum absolute atomic E-state index is 0.0562. The van der Waals surface area contributed by atoms with Gasteiger partial charge in [0.05, 0.1) is 11.7 Å². The Bertz CT molecular complexity index is 771. The number of nitrogens with zero attached hydrogens (tertiary/aromatic N) is 3. The standard InChI is InChI=1S/C19H25ClN4OS/c1-13-17(26-19(22-13)24-9-4-5-10-24)18(25)21-12-16(23(2)3)14-7-6-8-15(20)11-14/h6-8,11,16H,4-5,9-10,12H2,1-3H3,(H,21,25)/t16-/m0/s1. The van der Waals surface area contributed by atoms with Crippen LogP contribution in [0.25, 0.3) is 0 Å². The molecule has 0 radical (unpaired) electrons. The van der Waals surface area contributed by atoms with Crippen molar-refractivity contribution in [3.8, 4) is 0 Å². The van der Waals surface area contributed by atoms with Gasteiger partial charge in [-0.3, -0.25) is 4.79 Å². The number of anilines is 1. The summed E-state index contributed by atoms with van der Waals surface area (Å²) in [5.74, 6) is -0.0562. The van der Waals surface area contributed by atoms with Crippen LogP contribution in [0.2, 0.25) is 5.02 Å². The molecule has 0 saturated carbocycles. The smallest absolute Gasteiger partial charge is 0.263 e. The Hall–Kier alpha value is -1.63. The van der Waals surface area contributed by atoms with Crippen LogP contribution in [-0.2, 0) is 0 Å². The van der Waals surface area contributed by atoms with Crippen molar-refractivity contribution < 1.29 is 4.79 Å². The summed E-state index contributed by atoms with van der Waals surface area (Å²) in [7, 11) is 4.00. The Balaban J connectivity index is 1.69. The molecule has 5 nitrogen and oxygen atoms in total. The van der Waals surface area contributed by atoms with Crippen LogP contribution in [0.15, 0.2) is 24.3 Å². The molecule has 0 bridgehead atoms. The topological polar surface area (TPSA) is 48.5 Å². The van der Waals surface area contributed by atoms with Crippen molar-refractivity contribution in [1.82, 2.24) is 15.2 Å². The molecule has 7 heteroatoms. The monoisotopic (exact) mass is 392 g/mol. The van der Waals surface area contributed by atoms with Gasteiger partial charge in [-0.05, 0) is 51.6 Å². The first-order valence-corrected chi connectivity index (χ1v) is 10.1. The lowest BCUT2D eigenvalue weighted by atomic mass is 10.1. The van der Waals surface area contributed by atoms with Crippen molar-refractivity contribution >= 4 is 34.0 Å². The fourth-order valence-corrected chi connectivity index (χ4v) is 4.45. The van der Waals surface area contributed by atoms with Crippen LogP contribution in [0.5, 0.6) is 0 Å². The normalized spacial score (nSPS) is 15.5. The van der Waals surface area contributed by atoms with Gasteiger partial charge in [-0.2, -0.15) is 0 Å². The Labute approximate surface area is 164 Å². The number of aromatic nitrogens is 1. The fraction of sp³-hybridized carbons (Fsp3) is 0.474. The summed E-state index contributed by atoms with van der Waals surface area (Å²) in [4.78, 5) is 22.4. The number of amides is 1. The van der Waals surface area contributed by atoms with Gasteiger partial charge in [0, 0.05) is 24.7 Å². The molecule has 0 spiro atoms. The van der Waals surface area contributed by atoms with Crippen molar-refractivity contribution in [2.24, 2.45) is 0 Å². The third kappa shape index (κ3) is 4.37. The fourth-order valence-electron chi connectivity index (χ4n) is 3.22. The summed E-state index contributed by atoms with van der Waals surface area (Å²) < 4.78 is 0. The van der Waals surface area contributed by atoms with Gasteiger partial charge in [-0.25, -0.2) is 4.98 Å². The maximum Gasteiger partial charge on any atom is 0.263 e. The largest absolute Gasteiger partial charge is 0.349 e. The molecule has 140 valence electrons. The highest BCUT2D eigenvalue weighted by atomic mass is 35.5. The highest BCUT2D eigenvalue weighted by molar-refractivity contribution is 7.17. The Morgan fingerprint density at radius 2 is 2.12 bits per heavy atom. The number of hydrogen-bond acceptors (Lipinski definition) is 5. The van der Waals surface area contributed by atoms with Gasteiger partial charge >= 0.3 is 0 Å². The quantitative estimate of drug-likeness (QED) is 0.813. The van der Waals surface area contributed by atoms with Gasteiger partial charge in [0.2, 0.25) is 0 Å². The Morgan fingerprint density at radius 1 is 1.38 bits per heavy atom. The van der Waals surface area contributed by atoms with Gasteiger partial charge < -0.3 is 15.1 Å². The molecular formula is C19H25ClN4OS. The Morgan fingerprint density at radius 3 is 2.77 bits per heavy atom. The molecule has 1 aromatic carbocycles. The summed E-state index contributed by atoms with van der Waals surface area (Å²) in [5.41, 5.74) is 1.89. The zero-order valence-corrected chi connectivity index (χ0v) is 17.0. The van der Waals surface area contributed by atoms with E-state index in [0.29, 0.717) is 16.4 Å². The van der Waals surface area contributed by atoms with Gasteiger partial charge in [0.25, 0.3) is 5.91 Å². The molecule has 1 fully saturated rings.